The SMILES string of the molecule is CCCCCCCCCCCCCCCCCCOC(C)=O.N=C(N)N. The molecule has 0 spiro atoms. The Kier molecular flexibility index (Phi) is 24.6. The lowest BCUT2D eigenvalue weighted by Gasteiger charge is -2.04. The minimum atomic E-state index is -0.333. The molecule has 0 aromatic rings. The number of hydrogen-bond acceptors (Lipinski definition) is 3. The molecule has 0 fully saturated rings. The van der Waals surface area contributed by atoms with Gasteiger partial charge in [-0.05, 0) is 6.42 Å². The topological polar surface area (TPSA) is 102 Å². The summed E-state index contributed by atoms with van der Waals surface area (Å²) in [7, 11) is 0. The molecule has 0 bridgehead atoms. The zero-order valence-electron chi connectivity index (χ0n) is 17.5. The molecule has 0 rings (SSSR count). The largest absolute Gasteiger partial charge is 0.466 e. The number of unbranched alkanes of at least 4 members (excludes halogenated alkanes) is 15. The van der Waals surface area contributed by atoms with E-state index in [1.807, 2.05) is 0 Å². The monoisotopic (exact) mass is 371 g/mol. The molecule has 0 heterocycles. The standard InChI is InChI=1S/C20H40O2.CH5N3/c1-3-4-5-6-7-8-9-10-11-12-13-14-15-16-17-18-19-22-20(2)21;2-1(3)4/h3-19H2,1-2H3;(H5,2,3,4). The third kappa shape index (κ3) is 34.2. The average molecular weight is 372 g/mol. The van der Waals surface area contributed by atoms with Gasteiger partial charge in [0, 0.05) is 6.92 Å². The Balaban J connectivity index is 0. The lowest BCUT2D eigenvalue weighted by molar-refractivity contribution is -0.141. The van der Waals surface area contributed by atoms with E-state index in [0.29, 0.717) is 6.61 Å². The summed E-state index contributed by atoms with van der Waals surface area (Å²) in [4.78, 5) is 10.6. The van der Waals surface area contributed by atoms with Crippen molar-refractivity contribution in [2.24, 2.45) is 11.5 Å². The first-order valence-corrected chi connectivity index (χ1v) is 10.7. The van der Waals surface area contributed by atoms with Crippen LogP contribution in [0.2, 0.25) is 0 Å². The first-order chi connectivity index (χ1) is 12.5. The fourth-order valence-corrected chi connectivity index (χ4v) is 2.87. The minimum Gasteiger partial charge on any atom is -0.466 e. The van der Waals surface area contributed by atoms with Crippen molar-refractivity contribution in [1.29, 1.82) is 5.41 Å². The van der Waals surface area contributed by atoms with E-state index in [0.717, 1.165) is 6.42 Å². The first-order valence-electron chi connectivity index (χ1n) is 10.7. The average Bonchev–Trinajstić information content (AvgIpc) is 2.57. The number of guanidine groups is 1. The fourth-order valence-electron chi connectivity index (χ4n) is 2.87. The molecular formula is C21H45N3O2. The van der Waals surface area contributed by atoms with E-state index < -0.39 is 0 Å². The maximum atomic E-state index is 10.6. The lowest BCUT2D eigenvalue weighted by atomic mass is 10.0. The molecule has 0 aliphatic heterocycles. The van der Waals surface area contributed by atoms with E-state index in [1.54, 1.807) is 0 Å². The van der Waals surface area contributed by atoms with Crippen LogP contribution in [0, 0.1) is 5.41 Å². The van der Waals surface area contributed by atoms with E-state index in [2.05, 4.69) is 18.4 Å². The molecule has 5 N–H and O–H groups in total. The lowest BCUT2D eigenvalue weighted by Crippen LogP contribution is -2.20. The smallest absolute Gasteiger partial charge is 0.302 e. The first kappa shape index (κ1) is 27.0. The number of esters is 1. The summed E-state index contributed by atoms with van der Waals surface area (Å²) in [5.41, 5.74) is 8.94. The van der Waals surface area contributed by atoms with E-state index in [4.69, 9.17) is 10.1 Å². The highest BCUT2D eigenvalue weighted by Crippen LogP contribution is 2.13. The number of rotatable bonds is 17. The van der Waals surface area contributed by atoms with Gasteiger partial charge in [-0.3, -0.25) is 10.2 Å². The van der Waals surface area contributed by atoms with Crippen molar-refractivity contribution in [1.82, 2.24) is 0 Å². The molecular weight excluding hydrogens is 326 g/mol. The highest BCUT2D eigenvalue weighted by molar-refractivity contribution is 5.71. The summed E-state index contributed by atoms with van der Waals surface area (Å²) in [6.07, 6.45) is 22.0. The molecule has 26 heavy (non-hydrogen) atoms. The second-order valence-electron chi connectivity index (χ2n) is 7.10. The summed E-state index contributed by atoms with van der Waals surface area (Å²) in [6, 6.07) is 0. The van der Waals surface area contributed by atoms with Crippen LogP contribution in [0.4, 0.5) is 0 Å². The maximum Gasteiger partial charge on any atom is 0.302 e. The number of hydrogen-bond donors (Lipinski definition) is 3. The van der Waals surface area contributed by atoms with Crippen LogP contribution in [-0.2, 0) is 9.53 Å². The summed E-state index contributed by atoms with van der Waals surface area (Å²) in [5, 5.41) is 6.06. The van der Waals surface area contributed by atoms with Gasteiger partial charge in [-0.25, -0.2) is 0 Å². The van der Waals surface area contributed by atoms with E-state index in [9.17, 15) is 4.79 Å². The van der Waals surface area contributed by atoms with Gasteiger partial charge in [0.1, 0.15) is 0 Å². The normalized spacial score (nSPS) is 10.1. The van der Waals surface area contributed by atoms with Crippen LogP contribution in [0.15, 0.2) is 0 Å². The van der Waals surface area contributed by atoms with Crippen LogP contribution in [0.1, 0.15) is 117 Å². The van der Waals surface area contributed by atoms with Crippen LogP contribution >= 0.6 is 0 Å². The van der Waals surface area contributed by atoms with Crippen LogP contribution in [0.25, 0.3) is 0 Å². The summed E-state index contributed by atoms with van der Waals surface area (Å²) < 4.78 is 4.92. The second-order valence-corrected chi connectivity index (χ2v) is 7.10. The summed E-state index contributed by atoms with van der Waals surface area (Å²) in [5.74, 6) is -0.485. The molecule has 0 radical (unpaired) electrons. The second kappa shape index (κ2) is 23.7. The molecule has 156 valence electrons. The minimum absolute atomic E-state index is 0.152. The van der Waals surface area contributed by atoms with E-state index in [-0.39, 0.29) is 11.9 Å². The van der Waals surface area contributed by atoms with Crippen LogP contribution in [-0.4, -0.2) is 18.5 Å². The molecule has 0 saturated carbocycles. The highest BCUT2D eigenvalue weighted by atomic mass is 16.5. The zero-order chi connectivity index (χ0) is 19.9. The summed E-state index contributed by atoms with van der Waals surface area (Å²) >= 11 is 0. The quantitative estimate of drug-likeness (QED) is 0.133. The van der Waals surface area contributed by atoms with Gasteiger partial charge in [-0.15, -0.1) is 0 Å². The molecule has 0 saturated heterocycles. The van der Waals surface area contributed by atoms with Crippen molar-refractivity contribution in [3.8, 4) is 0 Å². The highest BCUT2D eigenvalue weighted by Gasteiger charge is 1.95. The zero-order valence-corrected chi connectivity index (χ0v) is 17.5. The van der Waals surface area contributed by atoms with Gasteiger partial charge in [0.15, 0.2) is 5.96 Å². The Labute approximate surface area is 162 Å². The van der Waals surface area contributed by atoms with Gasteiger partial charge < -0.3 is 16.2 Å². The fraction of sp³-hybridized carbons (Fsp3) is 0.905. The molecule has 0 unspecified atom stereocenters. The van der Waals surface area contributed by atoms with E-state index in [1.165, 1.54) is 103 Å². The van der Waals surface area contributed by atoms with Gasteiger partial charge in [-0.1, -0.05) is 103 Å². The van der Waals surface area contributed by atoms with Crippen LogP contribution in [0.5, 0.6) is 0 Å². The third-order valence-corrected chi connectivity index (χ3v) is 4.30. The molecule has 0 aromatic heterocycles. The Morgan fingerprint density at radius 3 is 1.23 bits per heavy atom. The van der Waals surface area contributed by atoms with E-state index >= 15 is 0 Å². The van der Waals surface area contributed by atoms with Gasteiger partial charge in [0.2, 0.25) is 0 Å². The molecule has 0 aliphatic rings. The Bertz CT molecular complexity index is 306. The van der Waals surface area contributed by atoms with Crippen molar-refractivity contribution >= 4 is 11.9 Å². The molecule has 0 amide bonds. The maximum absolute atomic E-state index is 10.6. The number of ether oxygens (including phenoxy) is 1. The van der Waals surface area contributed by atoms with Crippen molar-refractivity contribution in [2.75, 3.05) is 6.61 Å². The van der Waals surface area contributed by atoms with Gasteiger partial charge in [0.25, 0.3) is 0 Å². The predicted molar refractivity (Wildman–Crippen MR) is 112 cm³/mol. The molecule has 0 atom stereocenters. The van der Waals surface area contributed by atoms with Gasteiger partial charge >= 0.3 is 5.97 Å². The molecule has 5 heteroatoms. The number of carbonyl (C=O) groups is 1. The Morgan fingerprint density at radius 1 is 0.692 bits per heavy atom. The number of carbonyl (C=O) groups excluding carboxylic acids is 1. The molecule has 0 aromatic carbocycles. The number of nitrogens with two attached hydrogens (primary N) is 2. The van der Waals surface area contributed by atoms with Crippen molar-refractivity contribution in [2.45, 2.75) is 117 Å². The summed E-state index contributed by atoms with van der Waals surface area (Å²) in [6.45, 7) is 4.36. The Hall–Kier alpha value is -1.26. The van der Waals surface area contributed by atoms with Crippen molar-refractivity contribution in [3.05, 3.63) is 0 Å². The van der Waals surface area contributed by atoms with Gasteiger partial charge in [-0.2, -0.15) is 0 Å². The predicted octanol–water partition coefficient (Wildman–Crippen LogP) is 5.65. The van der Waals surface area contributed by atoms with Gasteiger partial charge in [0.05, 0.1) is 6.61 Å². The van der Waals surface area contributed by atoms with Crippen molar-refractivity contribution < 1.29 is 9.53 Å². The Morgan fingerprint density at radius 2 is 0.962 bits per heavy atom. The third-order valence-electron chi connectivity index (χ3n) is 4.30. The number of nitrogens with one attached hydrogen (secondary N) is 1. The van der Waals surface area contributed by atoms with Crippen molar-refractivity contribution in [3.63, 3.8) is 0 Å². The van der Waals surface area contributed by atoms with Crippen LogP contribution in [0.3, 0.4) is 0 Å². The van der Waals surface area contributed by atoms with Crippen LogP contribution < -0.4 is 11.5 Å². The molecule has 0 aliphatic carbocycles. The molecule has 5 nitrogen and oxygen atoms in total.